The van der Waals surface area contributed by atoms with Gasteiger partial charge in [-0.2, -0.15) is 0 Å². The van der Waals surface area contributed by atoms with Gasteiger partial charge in [0.15, 0.2) is 0 Å². The van der Waals surface area contributed by atoms with Crippen LogP contribution in [0.2, 0.25) is 0 Å². The number of amides is 1. The predicted octanol–water partition coefficient (Wildman–Crippen LogP) is 1.61. The van der Waals surface area contributed by atoms with E-state index in [0.717, 1.165) is 12.8 Å². The third kappa shape index (κ3) is 2.31. The third-order valence-corrected chi connectivity index (χ3v) is 3.87. The van der Waals surface area contributed by atoms with E-state index in [0.29, 0.717) is 16.5 Å². The molecule has 0 radical (unpaired) electrons. The molecule has 1 aliphatic rings. The zero-order chi connectivity index (χ0) is 14.1. The van der Waals surface area contributed by atoms with Crippen molar-refractivity contribution in [1.29, 1.82) is 0 Å². The molecule has 104 valence electrons. The normalized spacial score (nSPS) is 15.7. The molecule has 5 heteroatoms. The number of aryl methyl sites for hydroxylation is 1. The van der Waals surface area contributed by atoms with E-state index in [2.05, 4.69) is 10.3 Å². The molecule has 2 aromatic rings. The molecule has 1 saturated carbocycles. The van der Waals surface area contributed by atoms with E-state index in [4.69, 9.17) is 0 Å². The minimum atomic E-state index is -0.134. The van der Waals surface area contributed by atoms with Crippen LogP contribution in [0.3, 0.4) is 0 Å². The van der Waals surface area contributed by atoms with Gasteiger partial charge in [-0.25, -0.2) is 4.98 Å². The van der Waals surface area contributed by atoms with E-state index in [-0.39, 0.29) is 17.5 Å². The van der Waals surface area contributed by atoms with Crippen LogP contribution >= 0.6 is 0 Å². The maximum Gasteiger partial charge on any atom is 0.260 e. The van der Waals surface area contributed by atoms with Crippen LogP contribution in [0.1, 0.15) is 36.0 Å². The monoisotopic (exact) mass is 271 g/mol. The number of carbonyl (C=O) groups excluding carboxylic acids is 1. The van der Waals surface area contributed by atoms with Crippen molar-refractivity contribution in [3.8, 4) is 0 Å². The van der Waals surface area contributed by atoms with Crippen molar-refractivity contribution in [2.75, 3.05) is 0 Å². The third-order valence-electron chi connectivity index (χ3n) is 3.87. The second-order valence-electron chi connectivity index (χ2n) is 5.35. The summed E-state index contributed by atoms with van der Waals surface area (Å²) in [6, 6.07) is 5.35. The molecule has 5 nitrogen and oxygen atoms in total. The number of benzene rings is 1. The number of nitrogens with zero attached hydrogens (tertiary/aromatic N) is 2. The fourth-order valence-electron chi connectivity index (χ4n) is 2.69. The number of fused-ring (bicyclic) bond motifs is 1. The van der Waals surface area contributed by atoms with Crippen molar-refractivity contribution < 1.29 is 4.79 Å². The van der Waals surface area contributed by atoms with E-state index in [1.807, 2.05) is 0 Å². The summed E-state index contributed by atoms with van der Waals surface area (Å²) in [6.45, 7) is 0. The lowest BCUT2D eigenvalue weighted by molar-refractivity contribution is 0.0938. The van der Waals surface area contributed by atoms with Crippen LogP contribution in [0.25, 0.3) is 10.9 Å². The molecular formula is C15H17N3O2. The highest BCUT2D eigenvalue weighted by molar-refractivity contribution is 5.97. The molecule has 1 aromatic heterocycles. The van der Waals surface area contributed by atoms with Gasteiger partial charge in [-0.3, -0.25) is 9.59 Å². The number of hydrogen-bond donors (Lipinski definition) is 1. The predicted molar refractivity (Wildman–Crippen MR) is 76.7 cm³/mol. The Morgan fingerprint density at radius 2 is 2.10 bits per heavy atom. The summed E-state index contributed by atoms with van der Waals surface area (Å²) in [5.41, 5.74) is 1.01. The van der Waals surface area contributed by atoms with Crippen molar-refractivity contribution in [2.45, 2.75) is 31.7 Å². The van der Waals surface area contributed by atoms with Crippen LogP contribution in [0.4, 0.5) is 0 Å². The zero-order valence-corrected chi connectivity index (χ0v) is 11.4. The molecule has 0 unspecified atom stereocenters. The molecule has 1 amide bonds. The molecule has 1 N–H and O–H groups in total. The van der Waals surface area contributed by atoms with Gasteiger partial charge >= 0.3 is 0 Å². The summed E-state index contributed by atoms with van der Waals surface area (Å²) < 4.78 is 1.42. The van der Waals surface area contributed by atoms with Crippen molar-refractivity contribution in [2.24, 2.45) is 7.05 Å². The molecule has 0 spiro atoms. The van der Waals surface area contributed by atoms with Gasteiger partial charge in [-0.15, -0.1) is 0 Å². The van der Waals surface area contributed by atoms with E-state index >= 15 is 0 Å². The van der Waals surface area contributed by atoms with Crippen molar-refractivity contribution in [1.82, 2.24) is 14.9 Å². The number of carbonyl (C=O) groups is 1. The highest BCUT2D eigenvalue weighted by Gasteiger charge is 2.18. The van der Waals surface area contributed by atoms with E-state index in [9.17, 15) is 9.59 Å². The topological polar surface area (TPSA) is 64.0 Å². The molecule has 20 heavy (non-hydrogen) atoms. The van der Waals surface area contributed by atoms with E-state index in [1.54, 1.807) is 25.2 Å². The standard InChI is InChI=1S/C15H17N3O2/c1-18-9-16-13-7-6-10(8-12(13)15(18)20)14(19)17-11-4-2-3-5-11/h6-9,11H,2-5H2,1H3,(H,17,19). The average molecular weight is 271 g/mol. The van der Waals surface area contributed by atoms with Gasteiger partial charge in [0.1, 0.15) is 0 Å². The summed E-state index contributed by atoms with van der Waals surface area (Å²) in [5, 5.41) is 3.51. The number of nitrogens with one attached hydrogen (secondary N) is 1. The first-order valence-electron chi connectivity index (χ1n) is 6.91. The second kappa shape index (κ2) is 5.07. The van der Waals surface area contributed by atoms with Gasteiger partial charge in [0.2, 0.25) is 0 Å². The highest BCUT2D eigenvalue weighted by Crippen LogP contribution is 2.18. The number of hydrogen-bond acceptors (Lipinski definition) is 3. The van der Waals surface area contributed by atoms with Gasteiger partial charge in [-0.05, 0) is 31.0 Å². The molecule has 0 saturated heterocycles. The van der Waals surface area contributed by atoms with Crippen LogP contribution in [0.5, 0.6) is 0 Å². The van der Waals surface area contributed by atoms with Crippen LogP contribution in [-0.2, 0) is 7.05 Å². The highest BCUT2D eigenvalue weighted by atomic mass is 16.1. The van der Waals surface area contributed by atoms with Gasteiger partial charge in [0, 0.05) is 18.7 Å². The minimum Gasteiger partial charge on any atom is -0.349 e. The summed E-state index contributed by atoms with van der Waals surface area (Å²) >= 11 is 0. The van der Waals surface area contributed by atoms with E-state index < -0.39 is 0 Å². The first-order valence-corrected chi connectivity index (χ1v) is 6.91. The largest absolute Gasteiger partial charge is 0.349 e. The Hall–Kier alpha value is -2.17. The number of rotatable bonds is 2. The molecule has 0 aliphatic heterocycles. The minimum absolute atomic E-state index is 0.107. The molecule has 1 aliphatic carbocycles. The van der Waals surface area contributed by atoms with Crippen molar-refractivity contribution in [3.63, 3.8) is 0 Å². The van der Waals surface area contributed by atoms with Gasteiger partial charge in [0.05, 0.1) is 17.2 Å². The van der Waals surface area contributed by atoms with Gasteiger partial charge in [-0.1, -0.05) is 12.8 Å². The smallest absolute Gasteiger partial charge is 0.260 e. The van der Waals surface area contributed by atoms with Crippen LogP contribution in [0.15, 0.2) is 29.3 Å². The van der Waals surface area contributed by atoms with Crippen molar-refractivity contribution >= 4 is 16.8 Å². The molecule has 1 fully saturated rings. The maximum absolute atomic E-state index is 12.2. The lowest BCUT2D eigenvalue weighted by Crippen LogP contribution is -2.32. The quantitative estimate of drug-likeness (QED) is 0.902. The van der Waals surface area contributed by atoms with E-state index in [1.165, 1.54) is 23.7 Å². The van der Waals surface area contributed by atoms with Crippen LogP contribution in [-0.4, -0.2) is 21.5 Å². The first kappa shape index (κ1) is 12.8. The Kier molecular flexibility index (Phi) is 3.26. The second-order valence-corrected chi connectivity index (χ2v) is 5.35. The Labute approximate surface area is 116 Å². The summed E-state index contributed by atoms with van der Waals surface area (Å²) in [6.07, 6.45) is 5.93. The Morgan fingerprint density at radius 3 is 2.85 bits per heavy atom. The summed E-state index contributed by atoms with van der Waals surface area (Å²) in [5.74, 6) is -0.107. The fraction of sp³-hybridized carbons (Fsp3) is 0.400. The molecule has 1 heterocycles. The Bertz CT molecular complexity index is 715. The van der Waals surface area contributed by atoms with Crippen molar-refractivity contribution in [3.05, 3.63) is 40.4 Å². The Balaban J connectivity index is 1.93. The average Bonchev–Trinajstić information content (AvgIpc) is 2.95. The maximum atomic E-state index is 12.2. The first-order chi connectivity index (χ1) is 9.65. The molecule has 0 bridgehead atoms. The summed E-state index contributed by atoms with van der Waals surface area (Å²) in [7, 11) is 1.65. The lowest BCUT2D eigenvalue weighted by Gasteiger charge is -2.12. The fourth-order valence-corrected chi connectivity index (χ4v) is 2.69. The lowest BCUT2D eigenvalue weighted by atomic mass is 10.1. The van der Waals surface area contributed by atoms with Gasteiger partial charge in [0.25, 0.3) is 11.5 Å². The molecule has 3 rings (SSSR count). The Morgan fingerprint density at radius 1 is 1.35 bits per heavy atom. The molecular weight excluding hydrogens is 254 g/mol. The number of aromatic nitrogens is 2. The molecule has 1 aromatic carbocycles. The van der Waals surface area contributed by atoms with Crippen LogP contribution in [0, 0.1) is 0 Å². The zero-order valence-electron chi connectivity index (χ0n) is 11.4. The summed E-state index contributed by atoms with van der Waals surface area (Å²) in [4.78, 5) is 28.4. The SMILES string of the molecule is Cn1cnc2ccc(C(=O)NC3CCCC3)cc2c1=O. The molecule has 0 atom stereocenters. The van der Waals surface area contributed by atoms with Crippen LogP contribution < -0.4 is 10.9 Å². The van der Waals surface area contributed by atoms with Gasteiger partial charge < -0.3 is 9.88 Å².